The van der Waals surface area contributed by atoms with Crippen molar-refractivity contribution in [1.82, 2.24) is 29.9 Å². The predicted molar refractivity (Wildman–Crippen MR) is 180 cm³/mol. The van der Waals surface area contributed by atoms with E-state index in [4.69, 9.17) is 15.0 Å². The van der Waals surface area contributed by atoms with Gasteiger partial charge in [0.2, 0.25) is 0 Å². The molecule has 0 amide bonds. The van der Waals surface area contributed by atoms with E-state index in [0.717, 1.165) is 33.4 Å². The van der Waals surface area contributed by atoms with Gasteiger partial charge < -0.3 is 0 Å². The lowest BCUT2D eigenvalue weighted by Gasteiger charge is -2.10. The standard InChI is InChI=1S/C39H21N9/c40-22-31-4-1-19-43-34(31)25-7-13-28(14-8-25)37-46-38(29-15-9-26(10-16-29)35-32(23-41)5-2-20-44-35)48-39(47-37)30-17-11-27(12-18-30)36-33(24-42)6-3-21-45-36/h1-21H. The van der Waals surface area contributed by atoms with Crippen molar-refractivity contribution in [1.29, 1.82) is 15.8 Å². The average molecular weight is 616 g/mol. The Kier molecular flexibility index (Phi) is 7.88. The van der Waals surface area contributed by atoms with E-state index in [-0.39, 0.29) is 0 Å². The molecule has 0 atom stereocenters. The fourth-order valence-electron chi connectivity index (χ4n) is 5.27. The molecule has 0 fully saturated rings. The highest BCUT2D eigenvalue weighted by molar-refractivity contribution is 5.74. The zero-order valence-electron chi connectivity index (χ0n) is 25.1. The Morgan fingerprint density at radius 1 is 0.333 bits per heavy atom. The highest BCUT2D eigenvalue weighted by atomic mass is 15.0. The summed E-state index contributed by atoms with van der Waals surface area (Å²) >= 11 is 0. The summed E-state index contributed by atoms with van der Waals surface area (Å²) in [5, 5.41) is 28.7. The molecule has 48 heavy (non-hydrogen) atoms. The van der Waals surface area contributed by atoms with E-state index in [9.17, 15) is 15.8 Å². The third kappa shape index (κ3) is 5.73. The number of pyridine rings is 3. The third-order valence-corrected chi connectivity index (χ3v) is 7.67. The van der Waals surface area contributed by atoms with E-state index < -0.39 is 0 Å². The molecule has 9 heteroatoms. The smallest absolute Gasteiger partial charge is 0.164 e. The van der Waals surface area contributed by atoms with Gasteiger partial charge in [-0.15, -0.1) is 0 Å². The maximum atomic E-state index is 9.55. The summed E-state index contributed by atoms with van der Waals surface area (Å²) in [6.45, 7) is 0. The Bertz CT molecular complexity index is 2130. The SMILES string of the molecule is N#Cc1cccnc1-c1ccc(-c2nc(-c3ccc(-c4ncccc4C#N)cc3)nc(-c3ccc(-c4ncccc4C#N)cc3)n2)cc1. The molecule has 0 saturated heterocycles. The maximum Gasteiger partial charge on any atom is 0.164 e. The van der Waals surface area contributed by atoms with Crippen molar-refractivity contribution < 1.29 is 0 Å². The second-order valence-electron chi connectivity index (χ2n) is 10.6. The molecule has 0 unspecified atom stereocenters. The van der Waals surface area contributed by atoms with Crippen LogP contribution in [-0.4, -0.2) is 29.9 Å². The Hall–Kier alpha value is -7.41. The zero-order valence-corrected chi connectivity index (χ0v) is 25.1. The maximum absolute atomic E-state index is 9.55. The van der Waals surface area contributed by atoms with Gasteiger partial charge in [-0.25, -0.2) is 15.0 Å². The second kappa shape index (κ2) is 12.9. The molecule has 0 N–H and O–H groups in total. The molecule has 7 rings (SSSR count). The van der Waals surface area contributed by atoms with Gasteiger partial charge in [-0.2, -0.15) is 15.8 Å². The quantitative estimate of drug-likeness (QED) is 0.184. The number of hydrogen-bond donors (Lipinski definition) is 0. The van der Waals surface area contributed by atoms with Gasteiger partial charge in [0.15, 0.2) is 17.5 Å². The number of nitrogens with zero attached hydrogens (tertiary/aromatic N) is 9. The molecular formula is C39H21N9. The van der Waals surface area contributed by atoms with Gasteiger partial charge >= 0.3 is 0 Å². The van der Waals surface area contributed by atoms with Crippen LogP contribution in [0.1, 0.15) is 16.7 Å². The molecular weight excluding hydrogens is 594 g/mol. The number of rotatable bonds is 6. The normalized spacial score (nSPS) is 10.4. The van der Waals surface area contributed by atoms with Crippen LogP contribution in [0.2, 0.25) is 0 Å². The van der Waals surface area contributed by atoms with Crippen molar-refractivity contribution in [3.63, 3.8) is 0 Å². The number of benzene rings is 3. The molecule has 0 aliphatic rings. The van der Waals surface area contributed by atoms with Crippen LogP contribution < -0.4 is 0 Å². The molecule has 0 aliphatic heterocycles. The Morgan fingerprint density at radius 3 is 0.833 bits per heavy atom. The van der Waals surface area contributed by atoms with Crippen LogP contribution in [0.5, 0.6) is 0 Å². The molecule has 0 radical (unpaired) electrons. The van der Waals surface area contributed by atoms with E-state index in [1.807, 2.05) is 72.8 Å². The first-order valence-corrected chi connectivity index (χ1v) is 14.8. The first-order valence-electron chi connectivity index (χ1n) is 14.8. The van der Waals surface area contributed by atoms with Gasteiger partial charge in [0.1, 0.15) is 18.2 Å². The van der Waals surface area contributed by atoms with Gasteiger partial charge in [0.05, 0.1) is 33.8 Å². The Morgan fingerprint density at radius 2 is 0.583 bits per heavy atom. The lowest BCUT2D eigenvalue weighted by Crippen LogP contribution is -2.00. The summed E-state index contributed by atoms with van der Waals surface area (Å²) in [4.78, 5) is 27.8. The largest absolute Gasteiger partial charge is 0.255 e. The number of hydrogen-bond acceptors (Lipinski definition) is 9. The number of aromatic nitrogens is 6. The summed E-state index contributed by atoms with van der Waals surface area (Å²) in [5.41, 5.74) is 7.93. The van der Waals surface area contributed by atoms with Crippen molar-refractivity contribution >= 4 is 0 Å². The van der Waals surface area contributed by atoms with E-state index in [1.54, 1.807) is 55.0 Å². The van der Waals surface area contributed by atoms with E-state index in [0.29, 0.717) is 51.2 Å². The first-order chi connectivity index (χ1) is 23.6. The second-order valence-corrected chi connectivity index (χ2v) is 10.6. The Labute approximate surface area is 275 Å². The van der Waals surface area contributed by atoms with Gasteiger partial charge in [-0.3, -0.25) is 15.0 Å². The minimum Gasteiger partial charge on any atom is -0.255 e. The summed E-state index contributed by atoms with van der Waals surface area (Å²) in [5.74, 6) is 1.39. The van der Waals surface area contributed by atoms with Crippen molar-refractivity contribution in [2.45, 2.75) is 0 Å². The minimum absolute atomic E-state index is 0.462. The van der Waals surface area contributed by atoms with Gasteiger partial charge in [-0.05, 0) is 36.4 Å². The van der Waals surface area contributed by atoms with Gasteiger partial charge in [-0.1, -0.05) is 72.8 Å². The highest BCUT2D eigenvalue weighted by Crippen LogP contribution is 2.30. The van der Waals surface area contributed by atoms with Crippen LogP contribution in [0.25, 0.3) is 67.9 Å². The molecule has 0 saturated carbocycles. The fourth-order valence-corrected chi connectivity index (χ4v) is 5.27. The summed E-state index contributed by atoms with van der Waals surface area (Å²) < 4.78 is 0. The topological polar surface area (TPSA) is 149 Å². The van der Waals surface area contributed by atoms with Crippen molar-refractivity contribution in [3.8, 4) is 86.1 Å². The van der Waals surface area contributed by atoms with Crippen LogP contribution in [0.4, 0.5) is 0 Å². The van der Waals surface area contributed by atoms with Gasteiger partial charge in [0.25, 0.3) is 0 Å². The van der Waals surface area contributed by atoms with Crippen LogP contribution in [-0.2, 0) is 0 Å². The predicted octanol–water partition coefficient (Wildman–Crippen LogP) is 7.67. The molecule has 0 spiro atoms. The lowest BCUT2D eigenvalue weighted by atomic mass is 10.0. The van der Waals surface area contributed by atoms with Gasteiger partial charge in [0, 0.05) is 52.0 Å². The van der Waals surface area contributed by atoms with E-state index in [1.165, 1.54) is 0 Å². The monoisotopic (exact) mass is 615 g/mol. The van der Waals surface area contributed by atoms with Crippen LogP contribution in [0.15, 0.2) is 128 Å². The van der Waals surface area contributed by atoms with Crippen molar-refractivity contribution in [3.05, 3.63) is 144 Å². The summed E-state index contributed by atoms with van der Waals surface area (Å²) in [6, 6.07) is 39.8. The molecule has 0 bridgehead atoms. The molecule has 222 valence electrons. The molecule has 0 aliphatic carbocycles. The average Bonchev–Trinajstić information content (AvgIpc) is 3.18. The van der Waals surface area contributed by atoms with Crippen molar-refractivity contribution in [2.75, 3.05) is 0 Å². The minimum atomic E-state index is 0.462. The number of nitriles is 3. The molecule has 4 heterocycles. The van der Waals surface area contributed by atoms with E-state index >= 15 is 0 Å². The van der Waals surface area contributed by atoms with Crippen LogP contribution >= 0.6 is 0 Å². The fraction of sp³-hybridized carbons (Fsp3) is 0. The first kappa shape index (κ1) is 29.3. The zero-order chi connectivity index (χ0) is 32.9. The third-order valence-electron chi connectivity index (χ3n) is 7.67. The van der Waals surface area contributed by atoms with Crippen LogP contribution in [0, 0.1) is 34.0 Å². The van der Waals surface area contributed by atoms with Crippen molar-refractivity contribution in [2.24, 2.45) is 0 Å². The molecule has 3 aromatic carbocycles. The van der Waals surface area contributed by atoms with Crippen LogP contribution in [0.3, 0.4) is 0 Å². The van der Waals surface area contributed by atoms with E-state index in [2.05, 4.69) is 33.2 Å². The molecule has 9 nitrogen and oxygen atoms in total. The summed E-state index contributed by atoms with van der Waals surface area (Å²) in [7, 11) is 0. The highest BCUT2D eigenvalue weighted by Gasteiger charge is 2.15. The summed E-state index contributed by atoms with van der Waals surface area (Å²) in [6.07, 6.45) is 4.99. The molecule has 7 aromatic rings. The lowest BCUT2D eigenvalue weighted by molar-refractivity contribution is 1.07. The molecule has 4 aromatic heterocycles. The Balaban J connectivity index is 1.30.